The second-order valence-electron chi connectivity index (χ2n) is 10.1. The molecular formula is C28H33N3O3. The van der Waals surface area contributed by atoms with Crippen LogP contribution in [0.1, 0.15) is 43.7 Å². The summed E-state index contributed by atoms with van der Waals surface area (Å²) in [7, 11) is 0. The largest absolute Gasteiger partial charge is 0.446 e. The van der Waals surface area contributed by atoms with E-state index in [0.29, 0.717) is 24.8 Å². The van der Waals surface area contributed by atoms with Crippen LogP contribution in [-0.2, 0) is 22.4 Å². The lowest BCUT2D eigenvalue weighted by molar-refractivity contribution is -0.127. The van der Waals surface area contributed by atoms with Crippen molar-refractivity contribution in [3.05, 3.63) is 71.9 Å². The Labute approximate surface area is 200 Å². The number of fused-ring (bicyclic) bond motifs is 3. The summed E-state index contributed by atoms with van der Waals surface area (Å²) in [6.07, 6.45) is 6.96. The average molecular weight is 460 g/mol. The van der Waals surface area contributed by atoms with Crippen LogP contribution >= 0.6 is 0 Å². The monoisotopic (exact) mass is 459 g/mol. The van der Waals surface area contributed by atoms with E-state index in [0.717, 1.165) is 47.7 Å². The number of alkyl carbamates (subject to hydrolysis) is 1. The van der Waals surface area contributed by atoms with Crippen molar-refractivity contribution in [1.82, 2.24) is 15.6 Å². The molecule has 2 amide bonds. The standard InChI is InChI=1S/C28H33N3O3/c1-28(17-22-18-30-24-10-6-5-9-23(22)24,26(32)29-14-13-19-7-3-2-4-8-19)31-27(33)34-25-16-20-11-12-21(25)15-20/h2-10,18,20-21,25,30H,11-17H2,1H3,(H,29,32)(H,31,33). The fourth-order valence-corrected chi connectivity index (χ4v) is 5.72. The smallest absolute Gasteiger partial charge is 0.408 e. The van der Waals surface area contributed by atoms with Gasteiger partial charge in [0.15, 0.2) is 0 Å². The molecule has 3 N–H and O–H groups in total. The van der Waals surface area contributed by atoms with E-state index in [1.165, 1.54) is 6.42 Å². The number of amides is 2. The Balaban J connectivity index is 1.29. The summed E-state index contributed by atoms with van der Waals surface area (Å²) in [4.78, 5) is 29.7. The van der Waals surface area contributed by atoms with Crippen LogP contribution in [0, 0.1) is 11.8 Å². The van der Waals surface area contributed by atoms with Gasteiger partial charge < -0.3 is 20.4 Å². The van der Waals surface area contributed by atoms with E-state index in [2.05, 4.69) is 15.6 Å². The van der Waals surface area contributed by atoms with Crippen molar-refractivity contribution in [1.29, 1.82) is 0 Å². The third-order valence-electron chi connectivity index (χ3n) is 7.57. The molecule has 2 aliphatic carbocycles. The quantitative estimate of drug-likeness (QED) is 0.455. The van der Waals surface area contributed by atoms with Gasteiger partial charge in [0.05, 0.1) is 0 Å². The number of para-hydroxylation sites is 1. The van der Waals surface area contributed by atoms with Gasteiger partial charge in [0.2, 0.25) is 5.91 Å². The molecule has 1 aromatic heterocycles. The topological polar surface area (TPSA) is 83.2 Å². The highest BCUT2D eigenvalue weighted by atomic mass is 16.6. The first-order valence-electron chi connectivity index (χ1n) is 12.4. The summed E-state index contributed by atoms with van der Waals surface area (Å²) >= 11 is 0. The van der Waals surface area contributed by atoms with Crippen LogP contribution in [0.4, 0.5) is 4.79 Å². The number of nitrogens with one attached hydrogen (secondary N) is 3. The SMILES string of the molecule is CC(Cc1c[nH]c2ccccc12)(NC(=O)OC1CC2CCC1C2)C(=O)NCCc1ccccc1. The molecule has 2 aromatic carbocycles. The fraction of sp³-hybridized carbons (Fsp3) is 0.429. The molecule has 4 atom stereocenters. The highest BCUT2D eigenvalue weighted by molar-refractivity contribution is 5.91. The van der Waals surface area contributed by atoms with Gasteiger partial charge in [-0.25, -0.2) is 4.79 Å². The summed E-state index contributed by atoms with van der Waals surface area (Å²) in [5.41, 5.74) is 2.01. The number of carbonyl (C=O) groups is 2. The summed E-state index contributed by atoms with van der Waals surface area (Å²) in [6, 6.07) is 18.0. The minimum atomic E-state index is -1.14. The lowest BCUT2D eigenvalue weighted by Crippen LogP contribution is -2.59. The minimum Gasteiger partial charge on any atom is -0.446 e. The van der Waals surface area contributed by atoms with E-state index in [-0.39, 0.29) is 12.0 Å². The highest BCUT2D eigenvalue weighted by Crippen LogP contribution is 2.45. The van der Waals surface area contributed by atoms with E-state index < -0.39 is 11.6 Å². The Hall–Kier alpha value is -3.28. The summed E-state index contributed by atoms with van der Waals surface area (Å²) in [6.45, 7) is 2.28. The molecule has 6 heteroatoms. The number of H-pyrrole nitrogens is 1. The molecule has 5 rings (SSSR count). The van der Waals surface area contributed by atoms with Crippen molar-refractivity contribution in [3.63, 3.8) is 0 Å². The number of carbonyl (C=O) groups excluding carboxylic acids is 2. The molecule has 1 heterocycles. The molecule has 4 unspecified atom stereocenters. The fourth-order valence-electron chi connectivity index (χ4n) is 5.72. The van der Waals surface area contributed by atoms with Crippen molar-refractivity contribution in [3.8, 4) is 0 Å². The molecular weight excluding hydrogens is 426 g/mol. The molecule has 3 aromatic rings. The van der Waals surface area contributed by atoms with Crippen molar-refractivity contribution in [2.24, 2.45) is 11.8 Å². The van der Waals surface area contributed by atoms with Gasteiger partial charge in [-0.1, -0.05) is 48.5 Å². The Bertz CT molecular complexity index is 1160. The van der Waals surface area contributed by atoms with E-state index in [4.69, 9.17) is 4.74 Å². The highest BCUT2D eigenvalue weighted by Gasteiger charge is 2.43. The predicted molar refractivity (Wildman–Crippen MR) is 132 cm³/mol. The lowest BCUT2D eigenvalue weighted by Gasteiger charge is -2.31. The number of aromatic amines is 1. The molecule has 6 nitrogen and oxygen atoms in total. The van der Waals surface area contributed by atoms with Crippen LogP contribution < -0.4 is 10.6 Å². The lowest BCUT2D eigenvalue weighted by atomic mass is 9.91. The van der Waals surface area contributed by atoms with Gasteiger partial charge in [-0.05, 0) is 68.1 Å². The number of hydrogen-bond acceptors (Lipinski definition) is 3. The van der Waals surface area contributed by atoms with Gasteiger partial charge in [0.1, 0.15) is 11.6 Å². The van der Waals surface area contributed by atoms with Crippen molar-refractivity contribution in [2.75, 3.05) is 6.54 Å². The zero-order valence-corrected chi connectivity index (χ0v) is 19.7. The maximum atomic E-state index is 13.4. The molecule has 0 spiro atoms. The molecule has 34 heavy (non-hydrogen) atoms. The van der Waals surface area contributed by atoms with Crippen LogP contribution in [-0.4, -0.2) is 35.2 Å². The number of hydrogen-bond donors (Lipinski definition) is 3. The Morgan fingerprint density at radius 1 is 1.06 bits per heavy atom. The maximum absolute atomic E-state index is 13.4. The Morgan fingerprint density at radius 3 is 2.62 bits per heavy atom. The molecule has 0 aliphatic heterocycles. The van der Waals surface area contributed by atoms with Crippen LogP contribution in [0.3, 0.4) is 0 Å². The summed E-state index contributed by atoms with van der Waals surface area (Å²) < 4.78 is 5.83. The molecule has 178 valence electrons. The third kappa shape index (κ3) is 4.81. The molecule has 2 bridgehead atoms. The van der Waals surface area contributed by atoms with Gasteiger partial charge in [-0.15, -0.1) is 0 Å². The average Bonchev–Trinajstić information content (AvgIpc) is 3.56. The second-order valence-corrected chi connectivity index (χ2v) is 10.1. The summed E-state index contributed by atoms with van der Waals surface area (Å²) in [5, 5.41) is 7.03. The van der Waals surface area contributed by atoms with Crippen LogP contribution in [0.5, 0.6) is 0 Å². The van der Waals surface area contributed by atoms with E-state index in [1.54, 1.807) is 6.92 Å². The van der Waals surface area contributed by atoms with Gasteiger partial charge in [-0.2, -0.15) is 0 Å². The molecule has 0 radical (unpaired) electrons. The minimum absolute atomic E-state index is 0.0303. The zero-order valence-electron chi connectivity index (χ0n) is 19.7. The maximum Gasteiger partial charge on any atom is 0.408 e. The van der Waals surface area contributed by atoms with Gasteiger partial charge in [0.25, 0.3) is 0 Å². The van der Waals surface area contributed by atoms with E-state index in [1.807, 2.05) is 60.8 Å². The number of benzene rings is 2. The number of rotatable bonds is 8. The first-order chi connectivity index (χ1) is 16.5. The predicted octanol–water partition coefficient (Wildman–Crippen LogP) is 4.74. The molecule has 2 fully saturated rings. The van der Waals surface area contributed by atoms with Crippen LogP contribution in [0.25, 0.3) is 10.9 Å². The van der Waals surface area contributed by atoms with Crippen molar-refractivity contribution < 1.29 is 14.3 Å². The Morgan fingerprint density at radius 2 is 1.85 bits per heavy atom. The normalized spacial score (nSPS) is 22.9. The van der Waals surface area contributed by atoms with E-state index >= 15 is 0 Å². The van der Waals surface area contributed by atoms with Gasteiger partial charge in [0, 0.05) is 30.1 Å². The number of ether oxygens (including phenoxy) is 1. The van der Waals surface area contributed by atoms with Crippen molar-refractivity contribution >= 4 is 22.9 Å². The summed E-state index contributed by atoms with van der Waals surface area (Å²) in [5.74, 6) is 0.940. The molecule has 2 aliphatic rings. The zero-order chi connectivity index (χ0) is 23.5. The van der Waals surface area contributed by atoms with E-state index in [9.17, 15) is 9.59 Å². The Kier molecular flexibility index (Phi) is 6.31. The van der Waals surface area contributed by atoms with Gasteiger partial charge >= 0.3 is 6.09 Å². The first kappa shape index (κ1) is 22.5. The number of aromatic nitrogens is 1. The molecule has 2 saturated carbocycles. The third-order valence-corrected chi connectivity index (χ3v) is 7.57. The second kappa shape index (κ2) is 9.53. The van der Waals surface area contributed by atoms with Crippen molar-refractivity contribution in [2.45, 2.75) is 57.1 Å². The first-order valence-corrected chi connectivity index (χ1v) is 12.4. The van der Waals surface area contributed by atoms with Gasteiger partial charge in [-0.3, -0.25) is 4.79 Å². The molecule has 0 saturated heterocycles. The van der Waals surface area contributed by atoms with Crippen LogP contribution in [0.15, 0.2) is 60.8 Å². The van der Waals surface area contributed by atoms with Crippen LogP contribution in [0.2, 0.25) is 0 Å².